The second-order valence-corrected chi connectivity index (χ2v) is 3.47. The SMILES string of the molecule is CC(CN)c1cnc2cnccc2c1. The number of pyridine rings is 2. The van der Waals surface area contributed by atoms with Crippen molar-refractivity contribution in [1.82, 2.24) is 9.97 Å². The Labute approximate surface area is 83.0 Å². The summed E-state index contributed by atoms with van der Waals surface area (Å²) in [5.74, 6) is 0.361. The molecule has 0 aliphatic rings. The van der Waals surface area contributed by atoms with E-state index in [-0.39, 0.29) is 0 Å². The van der Waals surface area contributed by atoms with Crippen molar-refractivity contribution in [3.05, 3.63) is 36.3 Å². The van der Waals surface area contributed by atoms with Crippen molar-refractivity contribution < 1.29 is 0 Å². The lowest BCUT2D eigenvalue weighted by molar-refractivity contribution is 0.771. The third-order valence-electron chi connectivity index (χ3n) is 2.43. The van der Waals surface area contributed by atoms with Crippen molar-refractivity contribution in [2.45, 2.75) is 12.8 Å². The van der Waals surface area contributed by atoms with Crippen molar-refractivity contribution in [3.8, 4) is 0 Å². The molecule has 0 spiro atoms. The molecule has 0 bridgehead atoms. The Balaban J connectivity index is 2.51. The predicted octanol–water partition coefficient (Wildman–Crippen LogP) is 1.69. The van der Waals surface area contributed by atoms with Crippen LogP contribution in [-0.4, -0.2) is 16.5 Å². The van der Waals surface area contributed by atoms with Crippen molar-refractivity contribution >= 4 is 10.9 Å². The first-order chi connectivity index (χ1) is 6.81. The van der Waals surface area contributed by atoms with Crippen LogP contribution in [0.25, 0.3) is 10.9 Å². The molecule has 1 atom stereocenters. The van der Waals surface area contributed by atoms with Crippen LogP contribution in [0.5, 0.6) is 0 Å². The molecule has 72 valence electrons. The lowest BCUT2D eigenvalue weighted by Crippen LogP contribution is -2.09. The summed E-state index contributed by atoms with van der Waals surface area (Å²) >= 11 is 0. The summed E-state index contributed by atoms with van der Waals surface area (Å²) in [4.78, 5) is 8.35. The first-order valence-electron chi connectivity index (χ1n) is 4.71. The normalized spacial score (nSPS) is 13.0. The van der Waals surface area contributed by atoms with Gasteiger partial charge in [0.15, 0.2) is 0 Å². The van der Waals surface area contributed by atoms with Gasteiger partial charge in [-0.1, -0.05) is 6.92 Å². The van der Waals surface area contributed by atoms with E-state index in [1.165, 1.54) is 5.56 Å². The average molecular weight is 187 g/mol. The summed E-state index contributed by atoms with van der Waals surface area (Å²) in [7, 11) is 0. The molecule has 0 fully saturated rings. The zero-order chi connectivity index (χ0) is 9.97. The van der Waals surface area contributed by atoms with Gasteiger partial charge in [0.2, 0.25) is 0 Å². The Morgan fingerprint density at radius 2 is 2.29 bits per heavy atom. The molecular formula is C11H13N3. The van der Waals surface area contributed by atoms with Crippen LogP contribution in [0.15, 0.2) is 30.7 Å². The molecule has 0 aliphatic carbocycles. The van der Waals surface area contributed by atoms with Crippen LogP contribution in [0.1, 0.15) is 18.4 Å². The average Bonchev–Trinajstić information content (AvgIpc) is 2.27. The van der Waals surface area contributed by atoms with Gasteiger partial charge in [-0.3, -0.25) is 9.97 Å². The zero-order valence-corrected chi connectivity index (χ0v) is 8.14. The summed E-state index contributed by atoms with van der Waals surface area (Å²) in [6.45, 7) is 2.75. The molecule has 2 aromatic heterocycles. The number of fused-ring (bicyclic) bond motifs is 1. The maximum Gasteiger partial charge on any atom is 0.0885 e. The molecule has 2 heterocycles. The van der Waals surface area contributed by atoms with Crippen molar-refractivity contribution in [3.63, 3.8) is 0 Å². The maximum atomic E-state index is 5.61. The summed E-state index contributed by atoms with van der Waals surface area (Å²) in [5.41, 5.74) is 7.73. The van der Waals surface area contributed by atoms with Gasteiger partial charge in [0.1, 0.15) is 0 Å². The topological polar surface area (TPSA) is 51.8 Å². The largest absolute Gasteiger partial charge is 0.330 e. The van der Waals surface area contributed by atoms with Gasteiger partial charge < -0.3 is 5.73 Å². The number of nitrogens with two attached hydrogens (primary N) is 1. The second kappa shape index (κ2) is 3.72. The van der Waals surface area contributed by atoms with Crippen LogP contribution in [-0.2, 0) is 0 Å². The number of hydrogen-bond acceptors (Lipinski definition) is 3. The minimum atomic E-state index is 0.361. The van der Waals surface area contributed by atoms with E-state index >= 15 is 0 Å². The molecule has 2 N–H and O–H groups in total. The van der Waals surface area contributed by atoms with Gasteiger partial charge in [-0.15, -0.1) is 0 Å². The van der Waals surface area contributed by atoms with Gasteiger partial charge in [-0.05, 0) is 30.2 Å². The van der Waals surface area contributed by atoms with E-state index in [0.717, 1.165) is 10.9 Å². The molecule has 1 unspecified atom stereocenters. The van der Waals surface area contributed by atoms with Crippen LogP contribution in [0.2, 0.25) is 0 Å². The van der Waals surface area contributed by atoms with Gasteiger partial charge in [0.05, 0.1) is 11.7 Å². The maximum absolute atomic E-state index is 5.61. The van der Waals surface area contributed by atoms with Crippen molar-refractivity contribution in [2.24, 2.45) is 5.73 Å². The van der Waals surface area contributed by atoms with Gasteiger partial charge in [-0.2, -0.15) is 0 Å². The fourth-order valence-electron chi connectivity index (χ4n) is 1.39. The van der Waals surface area contributed by atoms with E-state index < -0.39 is 0 Å². The molecule has 3 nitrogen and oxygen atoms in total. The standard InChI is InChI=1S/C11H13N3/c1-8(5-12)10-4-9-2-3-13-7-11(9)14-6-10/h2-4,6-8H,5,12H2,1H3. The second-order valence-electron chi connectivity index (χ2n) is 3.47. The highest BCUT2D eigenvalue weighted by molar-refractivity contribution is 5.77. The number of nitrogens with zero attached hydrogens (tertiary/aromatic N) is 2. The molecule has 0 amide bonds. The minimum Gasteiger partial charge on any atom is -0.330 e. The van der Waals surface area contributed by atoms with E-state index in [1.54, 1.807) is 12.4 Å². The highest BCUT2D eigenvalue weighted by Gasteiger charge is 2.04. The predicted molar refractivity (Wildman–Crippen MR) is 57.0 cm³/mol. The van der Waals surface area contributed by atoms with Crippen LogP contribution >= 0.6 is 0 Å². The fourth-order valence-corrected chi connectivity index (χ4v) is 1.39. The molecule has 0 saturated heterocycles. The van der Waals surface area contributed by atoms with Gasteiger partial charge >= 0.3 is 0 Å². The smallest absolute Gasteiger partial charge is 0.0885 e. The van der Waals surface area contributed by atoms with E-state index in [9.17, 15) is 0 Å². The summed E-state index contributed by atoms with van der Waals surface area (Å²) in [5, 5.41) is 1.12. The Bertz CT molecular complexity index is 439. The van der Waals surface area contributed by atoms with E-state index in [1.807, 2.05) is 12.3 Å². The summed E-state index contributed by atoms with van der Waals surface area (Å²) in [6.07, 6.45) is 5.43. The molecule has 2 aromatic rings. The molecule has 0 aromatic carbocycles. The number of aromatic nitrogens is 2. The van der Waals surface area contributed by atoms with E-state index in [2.05, 4.69) is 23.0 Å². The van der Waals surface area contributed by atoms with E-state index in [0.29, 0.717) is 12.5 Å². The third-order valence-corrected chi connectivity index (χ3v) is 2.43. The monoisotopic (exact) mass is 187 g/mol. The molecule has 0 saturated carbocycles. The molecule has 2 rings (SSSR count). The van der Waals surface area contributed by atoms with Gasteiger partial charge in [0.25, 0.3) is 0 Å². The molecule has 0 radical (unpaired) electrons. The lowest BCUT2D eigenvalue weighted by atomic mass is 10.0. The molecule has 3 heteroatoms. The number of hydrogen-bond donors (Lipinski definition) is 1. The van der Waals surface area contributed by atoms with Crippen molar-refractivity contribution in [2.75, 3.05) is 6.54 Å². The van der Waals surface area contributed by atoms with Crippen LogP contribution in [0, 0.1) is 0 Å². The Morgan fingerprint density at radius 1 is 1.43 bits per heavy atom. The Kier molecular flexibility index (Phi) is 2.41. The van der Waals surface area contributed by atoms with Crippen LogP contribution in [0.3, 0.4) is 0 Å². The lowest BCUT2D eigenvalue weighted by Gasteiger charge is -2.08. The van der Waals surface area contributed by atoms with Crippen molar-refractivity contribution in [1.29, 1.82) is 0 Å². The first kappa shape index (κ1) is 9.09. The Morgan fingerprint density at radius 3 is 3.07 bits per heavy atom. The molecule has 0 aliphatic heterocycles. The van der Waals surface area contributed by atoms with Crippen LogP contribution < -0.4 is 5.73 Å². The number of rotatable bonds is 2. The fraction of sp³-hybridized carbons (Fsp3) is 0.273. The first-order valence-corrected chi connectivity index (χ1v) is 4.71. The molecular weight excluding hydrogens is 174 g/mol. The highest BCUT2D eigenvalue weighted by atomic mass is 14.7. The van der Waals surface area contributed by atoms with E-state index in [4.69, 9.17) is 5.73 Å². The summed E-state index contributed by atoms with van der Waals surface area (Å²) < 4.78 is 0. The van der Waals surface area contributed by atoms with Crippen LogP contribution in [0.4, 0.5) is 0 Å². The Hall–Kier alpha value is -1.48. The summed E-state index contributed by atoms with van der Waals surface area (Å²) in [6, 6.07) is 4.09. The van der Waals surface area contributed by atoms with Gasteiger partial charge in [0, 0.05) is 17.8 Å². The minimum absolute atomic E-state index is 0.361. The highest BCUT2D eigenvalue weighted by Crippen LogP contribution is 2.17. The van der Waals surface area contributed by atoms with Gasteiger partial charge in [-0.25, -0.2) is 0 Å². The quantitative estimate of drug-likeness (QED) is 0.778. The third kappa shape index (κ3) is 1.59. The molecule has 14 heavy (non-hydrogen) atoms. The zero-order valence-electron chi connectivity index (χ0n) is 8.14.